The van der Waals surface area contributed by atoms with Gasteiger partial charge < -0.3 is 9.47 Å². The third kappa shape index (κ3) is 4.88. The Bertz CT molecular complexity index is 576. The van der Waals surface area contributed by atoms with Crippen LogP contribution in [0.2, 0.25) is 5.02 Å². The van der Waals surface area contributed by atoms with Gasteiger partial charge in [-0.3, -0.25) is 4.79 Å². The van der Waals surface area contributed by atoms with Gasteiger partial charge in [0.15, 0.2) is 12.4 Å². The van der Waals surface area contributed by atoms with Crippen LogP contribution in [0.1, 0.15) is 15.9 Å². The van der Waals surface area contributed by atoms with Crippen molar-refractivity contribution >= 4 is 17.4 Å². The van der Waals surface area contributed by atoms with E-state index in [0.717, 1.165) is 6.42 Å². The average molecular weight is 305 g/mol. The number of methoxy groups -OCH3 is 1. The lowest BCUT2D eigenvalue weighted by atomic mass is 10.1. The summed E-state index contributed by atoms with van der Waals surface area (Å²) < 4.78 is 10.5. The van der Waals surface area contributed by atoms with Gasteiger partial charge in [-0.1, -0.05) is 23.7 Å². The van der Waals surface area contributed by atoms with E-state index in [2.05, 4.69) is 0 Å². The largest absolute Gasteiger partial charge is 0.485 e. The maximum absolute atomic E-state index is 12.0. The van der Waals surface area contributed by atoms with Crippen LogP contribution < -0.4 is 4.74 Å². The summed E-state index contributed by atoms with van der Waals surface area (Å²) in [6.07, 6.45) is 0.862. The number of benzene rings is 2. The van der Waals surface area contributed by atoms with Gasteiger partial charge in [0, 0.05) is 17.7 Å². The molecular formula is C17H17ClO3. The maximum atomic E-state index is 12.0. The van der Waals surface area contributed by atoms with Crippen molar-refractivity contribution in [3.63, 3.8) is 0 Å². The Hall–Kier alpha value is -1.84. The molecule has 0 heterocycles. The lowest BCUT2D eigenvalue weighted by Crippen LogP contribution is -2.11. The number of halogens is 1. The van der Waals surface area contributed by atoms with E-state index in [9.17, 15) is 4.79 Å². The minimum absolute atomic E-state index is 0.0129. The summed E-state index contributed by atoms with van der Waals surface area (Å²) in [7, 11) is 1.68. The van der Waals surface area contributed by atoms with Gasteiger partial charge >= 0.3 is 0 Å². The van der Waals surface area contributed by atoms with Crippen LogP contribution in [0.15, 0.2) is 48.5 Å². The van der Waals surface area contributed by atoms with Crippen molar-refractivity contribution in [2.24, 2.45) is 0 Å². The first-order chi connectivity index (χ1) is 10.2. The molecule has 110 valence electrons. The van der Waals surface area contributed by atoms with E-state index in [-0.39, 0.29) is 12.4 Å². The van der Waals surface area contributed by atoms with Crippen LogP contribution in [0.3, 0.4) is 0 Å². The van der Waals surface area contributed by atoms with E-state index in [4.69, 9.17) is 21.1 Å². The lowest BCUT2D eigenvalue weighted by Gasteiger charge is -2.07. The van der Waals surface area contributed by atoms with Crippen LogP contribution in [0.5, 0.6) is 5.75 Å². The molecule has 0 aromatic heterocycles. The second-order valence-corrected chi connectivity index (χ2v) is 5.04. The van der Waals surface area contributed by atoms with Gasteiger partial charge in [-0.25, -0.2) is 0 Å². The fraction of sp³-hybridized carbons (Fsp3) is 0.235. The number of carbonyl (C=O) groups is 1. The molecule has 0 amide bonds. The molecule has 0 saturated carbocycles. The Kier molecular flexibility index (Phi) is 5.78. The van der Waals surface area contributed by atoms with E-state index < -0.39 is 0 Å². The average Bonchev–Trinajstić information content (AvgIpc) is 2.52. The van der Waals surface area contributed by atoms with Crippen LogP contribution in [-0.2, 0) is 11.2 Å². The van der Waals surface area contributed by atoms with Crippen molar-refractivity contribution in [2.45, 2.75) is 6.42 Å². The molecule has 0 aliphatic heterocycles. The molecule has 0 aliphatic rings. The summed E-state index contributed by atoms with van der Waals surface area (Å²) >= 11 is 5.79. The smallest absolute Gasteiger partial charge is 0.200 e. The van der Waals surface area contributed by atoms with Crippen molar-refractivity contribution in [1.82, 2.24) is 0 Å². The van der Waals surface area contributed by atoms with E-state index in [1.165, 1.54) is 5.56 Å². The number of ketones is 1. The number of carbonyl (C=O) groups excluding carboxylic acids is 1. The number of rotatable bonds is 7. The van der Waals surface area contributed by atoms with Crippen LogP contribution in [0, 0.1) is 0 Å². The maximum Gasteiger partial charge on any atom is 0.200 e. The molecule has 0 saturated heterocycles. The van der Waals surface area contributed by atoms with Gasteiger partial charge in [-0.2, -0.15) is 0 Å². The third-order valence-electron chi connectivity index (χ3n) is 3.05. The minimum atomic E-state index is -0.0740. The monoisotopic (exact) mass is 304 g/mol. The Morgan fingerprint density at radius 1 is 1.05 bits per heavy atom. The zero-order valence-electron chi connectivity index (χ0n) is 11.8. The standard InChI is InChI=1S/C17H17ClO3/c1-20-11-10-13-2-8-16(9-3-13)21-12-17(19)14-4-6-15(18)7-5-14/h2-9H,10-12H2,1H3. The summed E-state index contributed by atoms with van der Waals surface area (Å²) in [5.41, 5.74) is 1.77. The molecule has 4 heteroatoms. The van der Waals surface area contributed by atoms with E-state index >= 15 is 0 Å². The lowest BCUT2D eigenvalue weighted by molar-refractivity contribution is 0.0921. The van der Waals surface area contributed by atoms with Gasteiger partial charge in [-0.15, -0.1) is 0 Å². The predicted molar refractivity (Wildman–Crippen MR) is 83.3 cm³/mol. The predicted octanol–water partition coefficient (Wildman–Crippen LogP) is 3.79. The molecule has 0 fully saturated rings. The molecule has 0 spiro atoms. The zero-order valence-corrected chi connectivity index (χ0v) is 12.6. The normalized spacial score (nSPS) is 10.4. The molecule has 2 aromatic carbocycles. The zero-order chi connectivity index (χ0) is 15.1. The van der Waals surface area contributed by atoms with Crippen molar-refractivity contribution < 1.29 is 14.3 Å². The first-order valence-electron chi connectivity index (χ1n) is 6.68. The summed E-state index contributed by atoms with van der Waals surface area (Å²) in [6, 6.07) is 14.4. The van der Waals surface area contributed by atoms with Gasteiger partial charge in [0.1, 0.15) is 5.75 Å². The van der Waals surface area contributed by atoms with Crippen molar-refractivity contribution in [3.05, 3.63) is 64.7 Å². The van der Waals surface area contributed by atoms with E-state index in [1.807, 2.05) is 24.3 Å². The van der Waals surface area contributed by atoms with Gasteiger partial charge in [0.05, 0.1) is 6.61 Å². The SMILES string of the molecule is COCCc1ccc(OCC(=O)c2ccc(Cl)cc2)cc1. The quantitative estimate of drug-likeness (QED) is 0.730. The molecule has 0 aliphatic carbocycles. The Morgan fingerprint density at radius 2 is 1.71 bits per heavy atom. The highest BCUT2D eigenvalue weighted by atomic mass is 35.5. The summed E-state index contributed by atoms with van der Waals surface area (Å²) in [5, 5.41) is 0.610. The van der Waals surface area contributed by atoms with E-state index in [0.29, 0.717) is 22.9 Å². The highest BCUT2D eigenvalue weighted by Crippen LogP contribution is 2.14. The molecule has 2 aromatic rings. The molecule has 0 radical (unpaired) electrons. The van der Waals surface area contributed by atoms with Crippen molar-refractivity contribution in [1.29, 1.82) is 0 Å². The second kappa shape index (κ2) is 7.81. The number of Topliss-reactive ketones (excluding diaryl/α,β-unsaturated/α-hetero) is 1. The molecule has 0 N–H and O–H groups in total. The first kappa shape index (κ1) is 15.5. The number of hydrogen-bond donors (Lipinski definition) is 0. The van der Waals surface area contributed by atoms with Crippen LogP contribution in [0.4, 0.5) is 0 Å². The number of ether oxygens (including phenoxy) is 2. The Balaban J connectivity index is 1.87. The number of hydrogen-bond acceptors (Lipinski definition) is 3. The molecule has 2 rings (SSSR count). The third-order valence-corrected chi connectivity index (χ3v) is 3.31. The molecule has 3 nitrogen and oxygen atoms in total. The van der Waals surface area contributed by atoms with Gasteiger partial charge in [0.25, 0.3) is 0 Å². The fourth-order valence-electron chi connectivity index (χ4n) is 1.84. The fourth-order valence-corrected chi connectivity index (χ4v) is 1.97. The second-order valence-electron chi connectivity index (χ2n) is 4.61. The topological polar surface area (TPSA) is 35.5 Å². The molecule has 0 unspecified atom stereocenters. The van der Waals surface area contributed by atoms with Gasteiger partial charge in [-0.05, 0) is 48.4 Å². The molecular weight excluding hydrogens is 288 g/mol. The summed E-state index contributed by atoms with van der Waals surface area (Å²) in [5.74, 6) is 0.605. The van der Waals surface area contributed by atoms with Crippen molar-refractivity contribution in [2.75, 3.05) is 20.3 Å². The van der Waals surface area contributed by atoms with Crippen molar-refractivity contribution in [3.8, 4) is 5.75 Å². The summed E-state index contributed by atoms with van der Waals surface area (Å²) in [6.45, 7) is 0.703. The van der Waals surface area contributed by atoms with Gasteiger partial charge in [0.2, 0.25) is 0 Å². The van der Waals surface area contributed by atoms with Crippen LogP contribution in [0.25, 0.3) is 0 Å². The Morgan fingerprint density at radius 3 is 2.33 bits per heavy atom. The highest BCUT2D eigenvalue weighted by molar-refractivity contribution is 6.30. The first-order valence-corrected chi connectivity index (χ1v) is 7.06. The Labute approximate surface area is 129 Å². The van der Waals surface area contributed by atoms with E-state index in [1.54, 1.807) is 31.4 Å². The molecule has 0 bridgehead atoms. The summed E-state index contributed by atoms with van der Waals surface area (Å²) in [4.78, 5) is 12.0. The van der Waals surface area contributed by atoms with Crippen LogP contribution >= 0.6 is 11.6 Å². The molecule has 0 atom stereocenters. The highest BCUT2D eigenvalue weighted by Gasteiger charge is 2.06. The van der Waals surface area contributed by atoms with Crippen LogP contribution in [-0.4, -0.2) is 26.1 Å². The molecule has 21 heavy (non-hydrogen) atoms. The minimum Gasteiger partial charge on any atom is -0.485 e.